The summed E-state index contributed by atoms with van der Waals surface area (Å²) >= 11 is 6.64. The molecule has 0 spiro atoms. The Bertz CT molecular complexity index is 1580. The van der Waals surface area contributed by atoms with Gasteiger partial charge in [-0.25, -0.2) is 9.97 Å². The standard InChI is InChI=1S/C26H25ClF3N7O3/c1-14(38)33-21-11-17(4-6-31-21)40-20-12-32-24-23(22(20)27)37(3)25(35-24)34-16-8-15(26(28,29)30)9-19(10-16)39-18-5-7-36(2)13-18/h4,6,8-12,18H,5,7,13H2,1-3H3,(H,31,33,38)(H,32,34,35)/t18-/m1/s1. The predicted octanol–water partition coefficient (Wildman–Crippen LogP) is 5.61. The lowest BCUT2D eigenvalue weighted by molar-refractivity contribution is -0.137. The zero-order valence-corrected chi connectivity index (χ0v) is 22.5. The molecule has 0 unspecified atom stereocenters. The number of rotatable bonds is 7. The average molecular weight is 576 g/mol. The third-order valence-corrected chi connectivity index (χ3v) is 6.57. The van der Waals surface area contributed by atoms with Crippen LogP contribution in [0.15, 0.2) is 42.7 Å². The van der Waals surface area contributed by atoms with Gasteiger partial charge in [0.15, 0.2) is 11.4 Å². The van der Waals surface area contributed by atoms with E-state index < -0.39 is 11.7 Å². The topological polar surface area (TPSA) is 106 Å². The summed E-state index contributed by atoms with van der Waals surface area (Å²) in [6.07, 6.45) is -1.20. The largest absolute Gasteiger partial charge is 0.489 e. The number of hydrogen-bond donors (Lipinski definition) is 2. The number of aromatic nitrogens is 4. The highest BCUT2D eigenvalue weighted by molar-refractivity contribution is 6.36. The second-order valence-corrected chi connectivity index (χ2v) is 9.80. The molecule has 1 atom stereocenters. The molecule has 10 nitrogen and oxygen atoms in total. The number of halogens is 4. The van der Waals surface area contributed by atoms with Crippen molar-refractivity contribution in [2.24, 2.45) is 7.05 Å². The van der Waals surface area contributed by atoms with Crippen molar-refractivity contribution in [1.29, 1.82) is 0 Å². The van der Waals surface area contributed by atoms with Crippen LogP contribution in [-0.2, 0) is 18.0 Å². The van der Waals surface area contributed by atoms with Gasteiger partial charge < -0.3 is 29.6 Å². The van der Waals surface area contributed by atoms with E-state index in [0.29, 0.717) is 23.6 Å². The molecule has 1 aliphatic heterocycles. The van der Waals surface area contributed by atoms with Crippen LogP contribution in [0.5, 0.6) is 17.2 Å². The molecule has 1 amide bonds. The molecular weight excluding hydrogens is 551 g/mol. The molecule has 0 radical (unpaired) electrons. The number of nitrogens with zero attached hydrogens (tertiary/aromatic N) is 5. The maximum absolute atomic E-state index is 13.7. The van der Waals surface area contributed by atoms with Gasteiger partial charge in [0.1, 0.15) is 34.0 Å². The van der Waals surface area contributed by atoms with Crippen LogP contribution in [0.3, 0.4) is 0 Å². The Morgan fingerprint density at radius 2 is 1.95 bits per heavy atom. The van der Waals surface area contributed by atoms with E-state index in [1.807, 2.05) is 7.05 Å². The molecule has 4 aromatic rings. The molecule has 1 aromatic carbocycles. The number of ether oxygens (including phenoxy) is 2. The van der Waals surface area contributed by atoms with E-state index in [-0.39, 0.29) is 45.8 Å². The number of imidazole rings is 1. The number of hydrogen-bond acceptors (Lipinski definition) is 8. The lowest BCUT2D eigenvalue weighted by Crippen LogP contribution is -2.21. The SMILES string of the molecule is CC(=O)Nc1cc(Oc2cnc3nc(Nc4cc(O[C@@H]5CCN(C)C5)cc(C(F)(F)F)c4)n(C)c3c2Cl)ccn1. The number of carbonyl (C=O) groups excluding carboxylic acids is 1. The number of aryl methyl sites for hydroxylation is 1. The average Bonchev–Trinajstić information content (AvgIpc) is 3.42. The Morgan fingerprint density at radius 1 is 1.15 bits per heavy atom. The number of anilines is 3. The Kier molecular flexibility index (Phi) is 7.43. The van der Waals surface area contributed by atoms with Crippen molar-refractivity contribution in [3.05, 3.63) is 53.3 Å². The molecule has 0 aliphatic carbocycles. The summed E-state index contributed by atoms with van der Waals surface area (Å²) in [4.78, 5) is 26.1. The Hall–Kier alpha value is -4.10. The van der Waals surface area contributed by atoms with Crippen molar-refractivity contribution in [3.63, 3.8) is 0 Å². The molecule has 2 N–H and O–H groups in total. The van der Waals surface area contributed by atoms with Crippen LogP contribution in [-0.4, -0.2) is 56.6 Å². The molecule has 0 bridgehead atoms. The van der Waals surface area contributed by atoms with Crippen molar-refractivity contribution in [2.75, 3.05) is 30.8 Å². The van der Waals surface area contributed by atoms with E-state index >= 15 is 0 Å². The van der Waals surface area contributed by atoms with Gasteiger partial charge in [-0.2, -0.15) is 18.2 Å². The van der Waals surface area contributed by atoms with Crippen molar-refractivity contribution < 1.29 is 27.4 Å². The van der Waals surface area contributed by atoms with Crippen LogP contribution in [0, 0.1) is 0 Å². The van der Waals surface area contributed by atoms with Crippen LogP contribution < -0.4 is 20.1 Å². The minimum absolute atomic E-state index is 0.110. The number of carbonyl (C=O) groups is 1. The second kappa shape index (κ2) is 10.8. The van der Waals surface area contributed by atoms with E-state index in [1.54, 1.807) is 17.7 Å². The first-order valence-electron chi connectivity index (χ1n) is 12.2. The van der Waals surface area contributed by atoms with Crippen LogP contribution in [0.2, 0.25) is 5.02 Å². The summed E-state index contributed by atoms with van der Waals surface area (Å²) < 4.78 is 54.4. The zero-order chi connectivity index (χ0) is 28.6. The molecule has 1 aliphatic rings. The van der Waals surface area contributed by atoms with Gasteiger partial charge in [-0.1, -0.05) is 11.6 Å². The zero-order valence-electron chi connectivity index (χ0n) is 21.7. The van der Waals surface area contributed by atoms with Gasteiger partial charge in [-0.15, -0.1) is 0 Å². The molecule has 14 heteroatoms. The molecule has 3 aromatic heterocycles. The van der Waals surface area contributed by atoms with Gasteiger partial charge >= 0.3 is 6.18 Å². The van der Waals surface area contributed by atoms with Gasteiger partial charge in [0.05, 0.1) is 11.8 Å². The van der Waals surface area contributed by atoms with Gasteiger partial charge in [-0.3, -0.25) is 4.79 Å². The van der Waals surface area contributed by atoms with Crippen molar-refractivity contribution in [3.8, 4) is 17.2 Å². The molecule has 1 saturated heterocycles. The third-order valence-electron chi connectivity index (χ3n) is 6.21. The maximum atomic E-state index is 13.7. The fourth-order valence-electron chi connectivity index (χ4n) is 4.36. The van der Waals surface area contributed by atoms with Crippen molar-refractivity contribution in [1.82, 2.24) is 24.4 Å². The van der Waals surface area contributed by atoms with Crippen LogP contribution in [0.4, 0.5) is 30.6 Å². The highest BCUT2D eigenvalue weighted by Gasteiger charge is 2.32. The minimum Gasteiger partial charge on any atom is -0.489 e. The number of fused-ring (bicyclic) bond motifs is 1. The molecule has 0 saturated carbocycles. The molecule has 4 heterocycles. The molecule has 1 fully saturated rings. The number of benzene rings is 1. The summed E-state index contributed by atoms with van der Waals surface area (Å²) in [7, 11) is 3.58. The van der Waals surface area contributed by atoms with Gasteiger partial charge in [0.25, 0.3) is 0 Å². The third kappa shape index (κ3) is 6.05. The van der Waals surface area contributed by atoms with Crippen molar-refractivity contribution >= 4 is 46.1 Å². The van der Waals surface area contributed by atoms with E-state index in [4.69, 9.17) is 21.1 Å². The van der Waals surface area contributed by atoms with E-state index in [2.05, 4.69) is 30.5 Å². The van der Waals surface area contributed by atoms with Gasteiger partial charge in [0.2, 0.25) is 11.9 Å². The number of likely N-dealkylation sites (N-methyl/N-ethyl adjacent to an activating group) is 1. The van der Waals surface area contributed by atoms with Gasteiger partial charge in [-0.05, 0) is 31.7 Å². The number of amides is 1. The summed E-state index contributed by atoms with van der Waals surface area (Å²) in [5.74, 6) is 0.897. The monoisotopic (exact) mass is 575 g/mol. The van der Waals surface area contributed by atoms with Gasteiger partial charge in [0, 0.05) is 51.1 Å². The maximum Gasteiger partial charge on any atom is 0.416 e. The minimum atomic E-state index is -4.57. The fraction of sp³-hybridized carbons (Fsp3) is 0.308. The van der Waals surface area contributed by atoms with Crippen LogP contribution in [0.25, 0.3) is 11.2 Å². The van der Waals surface area contributed by atoms with Crippen LogP contribution >= 0.6 is 11.6 Å². The molecule has 5 rings (SSSR count). The number of nitrogens with one attached hydrogen (secondary N) is 2. The summed E-state index contributed by atoms with van der Waals surface area (Å²) in [5, 5.41) is 5.70. The number of alkyl halides is 3. The van der Waals surface area contributed by atoms with Crippen molar-refractivity contribution in [2.45, 2.75) is 25.6 Å². The predicted molar refractivity (Wildman–Crippen MR) is 143 cm³/mol. The lowest BCUT2D eigenvalue weighted by Gasteiger charge is -2.17. The Labute approximate surface area is 232 Å². The smallest absolute Gasteiger partial charge is 0.416 e. The quantitative estimate of drug-likeness (QED) is 0.293. The van der Waals surface area contributed by atoms with E-state index in [0.717, 1.165) is 25.1 Å². The highest BCUT2D eigenvalue weighted by Crippen LogP contribution is 2.38. The summed E-state index contributed by atoms with van der Waals surface area (Å²) in [6, 6.07) is 6.60. The Balaban J connectivity index is 1.43. The summed E-state index contributed by atoms with van der Waals surface area (Å²) in [6.45, 7) is 2.80. The molecular formula is C26H25ClF3N7O3. The van der Waals surface area contributed by atoms with E-state index in [1.165, 1.54) is 31.5 Å². The second-order valence-electron chi connectivity index (χ2n) is 9.42. The number of pyridine rings is 2. The number of likely N-dealkylation sites (tertiary alicyclic amines) is 1. The Morgan fingerprint density at radius 3 is 2.65 bits per heavy atom. The fourth-order valence-corrected chi connectivity index (χ4v) is 4.66. The summed E-state index contributed by atoms with van der Waals surface area (Å²) in [5.41, 5.74) is -0.0476. The molecule has 40 heavy (non-hydrogen) atoms. The normalized spacial score (nSPS) is 15.8. The molecule has 210 valence electrons. The highest BCUT2D eigenvalue weighted by atomic mass is 35.5. The first-order chi connectivity index (χ1) is 19.0. The first kappa shape index (κ1) is 27.5. The lowest BCUT2D eigenvalue weighted by atomic mass is 10.1. The van der Waals surface area contributed by atoms with Crippen LogP contribution in [0.1, 0.15) is 18.9 Å². The first-order valence-corrected chi connectivity index (χ1v) is 12.6. The van der Waals surface area contributed by atoms with E-state index in [9.17, 15) is 18.0 Å².